The molecule has 0 radical (unpaired) electrons. The molecule has 0 fully saturated rings. The number of H-pyrrole nitrogens is 2. The van der Waals surface area contributed by atoms with Crippen LogP contribution in [0, 0.1) is 0 Å². The van der Waals surface area contributed by atoms with Gasteiger partial charge in [-0.15, -0.1) is 0 Å². The van der Waals surface area contributed by atoms with E-state index in [4.69, 9.17) is 9.84 Å². The fraction of sp³-hybridized carbons (Fsp3) is 0.462. The van der Waals surface area contributed by atoms with E-state index >= 15 is 0 Å². The van der Waals surface area contributed by atoms with Gasteiger partial charge in [0.15, 0.2) is 5.69 Å². The van der Waals surface area contributed by atoms with Gasteiger partial charge in [-0.05, 0) is 6.92 Å². The highest BCUT2D eigenvalue weighted by molar-refractivity contribution is 6.03. The third-order valence-corrected chi connectivity index (χ3v) is 2.91. The molecule has 11 nitrogen and oxygen atoms in total. The average Bonchev–Trinajstić information content (AvgIpc) is 2.53. The molecule has 134 valence electrons. The summed E-state index contributed by atoms with van der Waals surface area (Å²) in [7, 11) is 0. The van der Waals surface area contributed by atoms with Crippen LogP contribution in [0.3, 0.4) is 0 Å². The van der Waals surface area contributed by atoms with Gasteiger partial charge in [-0.1, -0.05) is 6.58 Å². The molecule has 11 heteroatoms. The van der Waals surface area contributed by atoms with Crippen LogP contribution in [0.4, 0.5) is 5.69 Å². The minimum Gasteiger partial charge on any atom is -0.474 e. The van der Waals surface area contributed by atoms with Crippen molar-refractivity contribution in [3.63, 3.8) is 0 Å². The van der Waals surface area contributed by atoms with Crippen LogP contribution in [0.15, 0.2) is 21.7 Å². The SMILES string of the molecule is C=C(C)C(=O)Nc1c(OC[C@H](O)[C@H](O)[C@H](O)CO)[nH]c(=O)[nH]c1=O. The largest absolute Gasteiger partial charge is 0.474 e. The molecule has 0 saturated heterocycles. The quantitative estimate of drug-likeness (QED) is 0.243. The van der Waals surface area contributed by atoms with E-state index in [2.05, 4.69) is 16.9 Å². The van der Waals surface area contributed by atoms with Gasteiger partial charge in [0.25, 0.3) is 11.5 Å². The van der Waals surface area contributed by atoms with Crippen LogP contribution in [-0.2, 0) is 4.79 Å². The summed E-state index contributed by atoms with van der Waals surface area (Å²) in [4.78, 5) is 38.7. The number of hydrogen-bond donors (Lipinski definition) is 7. The Morgan fingerprint density at radius 3 is 2.42 bits per heavy atom. The Labute approximate surface area is 135 Å². The third kappa shape index (κ3) is 5.03. The summed E-state index contributed by atoms with van der Waals surface area (Å²) in [5.74, 6) is -1.16. The molecule has 0 bridgehead atoms. The number of carbonyl (C=O) groups excluding carboxylic acids is 1. The Bertz CT molecular complexity index is 710. The number of carbonyl (C=O) groups is 1. The number of nitrogens with one attached hydrogen (secondary N) is 3. The van der Waals surface area contributed by atoms with Crippen molar-refractivity contribution in [2.24, 2.45) is 0 Å². The topological polar surface area (TPSA) is 185 Å². The van der Waals surface area contributed by atoms with Gasteiger partial charge in [0.1, 0.15) is 24.9 Å². The number of hydrogen-bond acceptors (Lipinski definition) is 8. The molecule has 1 aromatic rings. The lowest BCUT2D eigenvalue weighted by atomic mass is 10.1. The van der Waals surface area contributed by atoms with E-state index in [-0.39, 0.29) is 5.57 Å². The molecule has 1 heterocycles. The second kappa shape index (κ2) is 8.40. The predicted octanol–water partition coefficient (Wildman–Crippen LogP) is -2.97. The summed E-state index contributed by atoms with van der Waals surface area (Å²) >= 11 is 0. The molecule has 0 aromatic carbocycles. The molecule has 1 rings (SSSR count). The van der Waals surface area contributed by atoms with Crippen LogP contribution in [0.25, 0.3) is 0 Å². The van der Waals surface area contributed by atoms with Crippen molar-refractivity contribution in [1.29, 1.82) is 0 Å². The molecule has 0 spiro atoms. The standard InChI is InChI=1S/C13H19N3O8/c1-5(2)10(21)14-8-11(22)15-13(23)16-12(8)24-4-7(19)9(20)6(18)3-17/h6-7,9,17-20H,1,3-4H2,2H3,(H,14,21)(H2,15,16,22,23)/t6-,7+,9-/m1/s1. The zero-order valence-corrected chi connectivity index (χ0v) is 12.8. The monoisotopic (exact) mass is 345 g/mol. The van der Waals surface area contributed by atoms with Gasteiger partial charge >= 0.3 is 5.69 Å². The lowest BCUT2D eigenvalue weighted by Crippen LogP contribution is -2.42. The van der Waals surface area contributed by atoms with E-state index in [9.17, 15) is 29.7 Å². The number of amides is 1. The minimum atomic E-state index is -1.72. The van der Waals surface area contributed by atoms with Crippen LogP contribution in [0.5, 0.6) is 5.88 Å². The molecular formula is C13H19N3O8. The highest BCUT2D eigenvalue weighted by atomic mass is 16.5. The molecule has 0 aliphatic rings. The molecule has 24 heavy (non-hydrogen) atoms. The first-order chi connectivity index (χ1) is 11.2. The summed E-state index contributed by atoms with van der Waals surface area (Å²) in [5.41, 5.74) is -2.21. The Kier molecular flexibility index (Phi) is 6.85. The van der Waals surface area contributed by atoms with Gasteiger partial charge in [0.05, 0.1) is 6.61 Å². The van der Waals surface area contributed by atoms with Gasteiger partial charge in [0.2, 0.25) is 5.88 Å². The zero-order valence-electron chi connectivity index (χ0n) is 12.8. The van der Waals surface area contributed by atoms with Gasteiger partial charge in [-0.25, -0.2) is 4.79 Å². The fourth-order valence-corrected chi connectivity index (χ4v) is 1.54. The van der Waals surface area contributed by atoms with Crippen LogP contribution < -0.4 is 21.3 Å². The number of anilines is 1. The zero-order chi connectivity index (χ0) is 18.4. The van der Waals surface area contributed by atoms with Crippen molar-refractivity contribution in [2.45, 2.75) is 25.2 Å². The Morgan fingerprint density at radius 1 is 1.25 bits per heavy atom. The first-order valence-corrected chi connectivity index (χ1v) is 6.78. The van der Waals surface area contributed by atoms with E-state index < -0.39 is 60.2 Å². The molecule has 0 aliphatic heterocycles. The molecule has 0 aliphatic carbocycles. The van der Waals surface area contributed by atoms with Crippen LogP contribution >= 0.6 is 0 Å². The van der Waals surface area contributed by atoms with Crippen molar-refractivity contribution >= 4 is 11.6 Å². The third-order valence-electron chi connectivity index (χ3n) is 2.91. The van der Waals surface area contributed by atoms with Gasteiger partial charge < -0.3 is 30.5 Å². The summed E-state index contributed by atoms with van der Waals surface area (Å²) in [5, 5.41) is 39.3. The van der Waals surface area contributed by atoms with Crippen molar-refractivity contribution in [2.75, 3.05) is 18.5 Å². The molecule has 0 unspecified atom stereocenters. The summed E-state index contributed by atoms with van der Waals surface area (Å²) in [6, 6.07) is 0. The maximum atomic E-state index is 11.8. The second-order valence-corrected chi connectivity index (χ2v) is 4.97. The summed E-state index contributed by atoms with van der Waals surface area (Å²) in [6.45, 7) is 3.35. The Hall–Kier alpha value is -2.47. The second-order valence-electron chi connectivity index (χ2n) is 4.97. The number of aliphatic hydroxyl groups excluding tert-OH is 4. The van der Waals surface area contributed by atoms with Crippen molar-refractivity contribution in [1.82, 2.24) is 9.97 Å². The Morgan fingerprint density at radius 2 is 1.88 bits per heavy atom. The summed E-state index contributed by atoms with van der Waals surface area (Å²) in [6.07, 6.45) is -4.97. The summed E-state index contributed by atoms with van der Waals surface area (Å²) < 4.78 is 5.03. The maximum absolute atomic E-state index is 11.8. The van der Waals surface area contributed by atoms with Crippen LogP contribution in [0.1, 0.15) is 6.92 Å². The van der Waals surface area contributed by atoms with E-state index in [1.165, 1.54) is 6.92 Å². The van der Waals surface area contributed by atoms with E-state index in [0.29, 0.717) is 0 Å². The number of aromatic amines is 2. The molecule has 0 saturated carbocycles. The first kappa shape index (κ1) is 19.6. The smallest absolute Gasteiger partial charge is 0.328 e. The van der Waals surface area contributed by atoms with E-state index in [1.807, 2.05) is 4.98 Å². The first-order valence-electron chi connectivity index (χ1n) is 6.78. The van der Waals surface area contributed by atoms with Crippen molar-refractivity contribution in [3.05, 3.63) is 33.0 Å². The van der Waals surface area contributed by atoms with Gasteiger partial charge in [0, 0.05) is 5.57 Å². The van der Waals surface area contributed by atoms with Crippen LogP contribution in [0.2, 0.25) is 0 Å². The maximum Gasteiger partial charge on any atom is 0.328 e. The number of aliphatic hydroxyl groups is 4. The Balaban J connectivity index is 2.98. The molecule has 3 atom stereocenters. The number of aromatic nitrogens is 2. The fourth-order valence-electron chi connectivity index (χ4n) is 1.54. The predicted molar refractivity (Wildman–Crippen MR) is 81.7 cm³/mol. The molecule has 1 aromatic heterocycles. The normalized spacial score (nSPS) is 14.5. The van der Waals surface area contributed by atoms with Crippen LogP contribution in [-0.4, -0.2) is 67.8 Å². The minimum absolute atomic E-state index is 0.0908. The van der Waals surface area contributed by atoms with E-state index in [1.54, 1.807) is 0 Å². The molecular weight excluding hydrogens is 326 g/mol. The number of ether oxygens (including phenoxy) is 1. The molecule has 7 N–H and O–H groups in total. The lowest BCUT2D eigenvalue weighted by molar-refractivity contribution is -0.112. The van der Waals surface area contributed by atoms with Gasteiger partial charge in [-0.2, -0.15) is 0 Å². The highest BCUT2D eigenvalue weighted by Gasteiger charge is 2.25. The average molecular weight is 345 g/mol. The lowest BCUT2D eigenvalue weighted by Gasteiger charge is -2.21. The molecule has 1 amide bonds. The highest BCUT2D eigenvalue weighted by Crippen LogP contribution is 2.16. The number of rotatable bonds is 8. The van der Waals surface area contributed by atoms with E-state index in [0.717, 1.165) is 0 Å². The van der Waals surface area contributed by atoms with Gasteiger partial charge in [-0.3, -0.25) is 19.6 Å². The van der Waals surface area contributed by atoms with Crippen molar-refractivity contribution in [3.8, 4) is 5.88 Å². The van der Waals surface area contributed by atoms with Crippen molar-refractivity contribution < 1.29 is 30.0 Å².